The molecule has 0 saturated heterocycles. The Hall–Kier alpha value is -2.53. The van der Waals surface area contributed by atoms with Crippen LogP contribution in [0.3, 0.4) is 0 Å². The number of rotatable bonds is 3. The molecule has 0 unspecified atom stereocenters. The van der Waals surface area contributed by atoms with Crippen molar-refractivity contribution in [1.29, 1.82) is 0 Å². The van der Waals surface area contributed by atoms with E-state index in [0.29, 0.717) is 16.8 Å². The monoisotopic (exact) mass is 347 g/mol. The molecular formula is C18H12ClF2NO2. The Morgan fingerprint density at radius 1 is 1.21 bits per heavy atom. The summed E-state index contributed by atoms with van der Waals surface area (Å²) >= 11 is 6.28. The molecule has 3 nitrogen and oxygen atoms in total. The summed E-state index contributed by atoms with van der Waals surface area (Å²) in [4.78, 5) is 16.3. The number of hydrogen-bond donors (Lipinski definition) is 0. The van der Waals surface area contributed by atoms with Gasteiger partial charge in [0.05, 0.1) is 21.8 Å². The Kier molecular flexibility index (Phi) is 4.44. The van der Waals surface area contributed by atoms with Crippen molar-refractivity contribution in [3.05, 3.63) is 75.9 Å². The minimum absolute atomic E-state index is 0.208. The van der Waals surface area contributed by atoms with Gasteiger partial charge in [-0.3, -0.25) is 0 Å². The Labute approximate surface area is 141 Å². The first kappa shape index (κ1) is 16.3. The van der Waals surface area contributed by atoms with E-state index < -0.39 is 17.6 Å². The van der Waals surface area contributed by atoms with Crippen LogP contribution in [-0.4, -0.2) is 11.0 Å². The van der Waals surface area contributed by atoms with Crippen molar-refractivity contribution in [2.24, 2.45) is 0 Å². The van der Waals surface area contributed by atoms with Gasteiger partial charge in [0, 0.05) is 11.5 Å². The number of aromatic nitrogens is 1. The van der Waals surface area contributed by atoms with E-state index in [1.807, 2.05) is 31.2 Å². The molecule has 0 aliphatic heterocycles. The first-order valence-electron chi connectivity index (χ1n) is 7.13. The van der Waals surface area contributed by atoms with Crippen molar-refractivity contribution in [2.45, 2.75) is 13.5 Å². The van der Waals surface area contributed by atoms with Crippen LogP contribution >= 0.6 is 11.6 Å². The fourth-order valence-electron chi connectivity index (χ4n) is 2.38. The van der Waals surface area contributed by atoms with E-state index in [0.717, 1.165) is 28.6 Å². The molecule has 0 spiro atoms. The van der Waals surface area contributed by atoms with E-state index in [-0.39, 0.29) is 12.2 Å². The number of carbonyl (C=O) groups excluding carboxylic acids is 1. The highest BCUT2D eigenvalue weighted by Crippen LogP contribution is 2.27. The van der Waals surface area contributed by atoms with E-state index in [9.17, 15) is 13.6 Å². The quantitative estimate of drug-likeness (QED) is 0.637. The maximum Gasteiger partial charge on any atom is 0.341 e. The number of aryl methyl sites for hydroxylation is 1. The average molecular weight is 348 g/mol. The van der Waals surface area contributed by atoms with Gasteiger partial charge in [-0.2, -0.15) is 0 Å². The Morgan fingerprint density at radius 2 is 1.96 bits per heavy atom. The number of fused-ring (bicyclic) bond motifs is 1. The molecule has 0 atom stereocenters. The Bertz CT molecular complexity index is 944. The van der Waals surface area contributed by atoms with Crippen molar-refractivity contribution >= 4 is 28.5 Å². The number of carbonyl (C=O) groups is 1. The molecule has 2 aromatic carbocycles. The van der Waals surface area contributed by atoms with Crippen LogP contribution in [0.25, 0.3) is 10.9 Å². The summed E-state index contributed by atoms with van der Waals surface area (Å²) in [5, 5.41) is 1.29. The van der Waals surface area contributed by atoms with Gasteiger partial charge in [-0.15, -0.1) is 0 Å². The van der Waals surface area contributed by atoms with Crippen LogP contribution in [-0.2, 0) is 11.3 Å². The Balaban J connectivity index is 1.85. The minimum Gasteiger partial charge on any atom is -0.455 e. The van der Waals surface area contributed by atoms with Crippen molar-refractivity contribution in [3.8, 4) is 0 Å². The summed E-state index contributed by atoms with van der Waals surface area (Å²) in [5.41, 5.74) is 1.58. The van der Waals surface area contributed by atoms with E-state index in [1.54, 1.807) is 0 Å². The third kappa shape index (κ3) is 3.08. The third-order valence-corrected chi connectivity index (χ3v) is 4.14. The molecule has 0 amide bonds. The van der Waals surface area contributed by atoms with Crippen molar-refractivity contribution in [1.82, 2.24) is 4.98 Å². The van der Waals surface area contributed by atoms with Gasteiger partial charge in [-0.1, -0.05) is 29.8 Å². The van der Waals surface area contributed by atoms with Gasteiger partial charge < -0.3 is 4.74 Å². The lowest BCUT2D eigenvalue weighted by atomic mass is 10.1. The normalized spacial score (nSPS) is 10.8. The second-order valence-electron chi connectivity index (χ2n) is 5.21. The number of hydrogen-bond acceptors (Lipinski definition) is 3. The number of pyridine rings is 1. The molecule has 0 aliphatic rings. The van der Waals surface area contributed by atoms with Crippen LogP contribution in [0.2, 0.25) is 5.02 Å². The highest BCUT2D eigenvalue weighted by molar-refractivity contribution is 6.32. The zero-order valence-electron chi connectivity index (χ0n) is 12.6. The molecule has 122 valence electrons. The standard InChI is InChI=1S/C18H12ClF2NO2/c1-10-12-4-2-3-5-15(12)22-16(17(10)19)9-24-18(23)13-7-6-11(20)8-14(13)21/h2-8H,9H2,1H3. The SMILES string of the molecule is Cc1c(Cl)c(COC(=O)c2ccc(F)cc2F)nc2ccccc12. The van der Waals surface area contributed by atoms with Crippen LogP contribution < -0.4 is 0 Å². The number of nitrogens with zero attached hydrogens (tertiary/aromatic N) is 1. The Morgan fingerprint density at radius 3 is 2.71 bits per heavy atom. The van der Waals surface area contributed by atoms with Crippen LogP contribution in [0.4, 0.5) is 8.78 Å². The molecular weight excluding hydrogens is 336 g/mol. The lowest BCUT2D eigenvalue weighted by Gasteiger charge is -2.11. The number of halogens is 3. The lowest BCUT2D eigenvalue weighted by molar-refractivity contribution is 0.0462. The van der Waals surface area contributed by atoms with Crippen molar-refractivity contribution < 1.29 is 18.3 Å². The summed E-state index contributed by atoms with van der Waals surface area (Å²) < 4.78 is 31.6. The zero-order valence-corrected chi connectivity index (χ0v) is 13.4. The zero-order chi connectivity index (χ0) is 17.3. The molecule has 0 radical (unpaired) electrons. The van der Waals surface area contributed by atoms with Gasteiger partial charge in [0.15, 0.2) is 0 Å². The van der Waals surface area contributed by atoms with Crippen LogP contribution in [0.5, 0.6) is 0 Å². The van der Waals surface area contributed by atoms with Crippen molar-refractivity contribution in [3.63, 3.8) is 0 Å². The predicted octanol–water partition coefficient (Wildman–Crippen LogP) is 4.83. The summed E-state index contributed by atoms with van der Waals surface area (Å²) in [6, 6.07) is 10.1. The smallest absolute Gasteiger partial charge is 0.341 e. The maximum atomic E-state index is 13.6. The third-order valence-electron chi connectivity index (χ3n) is 3.64. The highest BCUT2D eigenvalue weighted by atomic mass is 35.5. The summed E-state index contributed by atoms with van der Waals surface area (Å²) in [6.07, 6.45) is 0. The molecule has 0 bridgehead atoms. The first-order chi connectivity index (χ1) is 11.5. The largest absolute Gasteiger partial charge is 0.455 e. The molecule has 0 aliphatic carbocycles. The summed E-state index contributed by atoms with van der Waals surface area (Å²) in [7, 11) is 0. The topological polar surface area (TPSA) is 39.2 Å². The predicted molar refractivity (Wildman–Crippen MR) is 87.0 cm³/mol. The van der Waals surface area contributed by atoms with Gasteiger partial charge in [-0.05, 0) is 30.7 Å². The number of ether oxygens (including phenoxy) is 1. The van der Waals surface area contributed by atoms with Gasteiger partial charge in [0.1, 0.15) is 18.2 Å². The van der Waals surface area contributed by atoms with Crippen LogP contribution in [0.15, 0.2) is 42.5 Å². The van der Waals surface area contributed by atoms with Gasteiger partial charge in [0.25, 0.3) is 0 Å². The van der Waals surface area contributed by atoms with Gasteiger partial charge in [0.2, 0.25) is 0 Å². The molecule has 6 heteroatoms. The molecule has 0 fully saturated rings. The van der Waals surface area contributed by atoms with E-state index in [2.05, 4.69) is 4.98 Å². The van der Waals surface area contributed by atoms with Crippen LogP contribution in [0, 0.1) is 18.6 Å². The maximum absolute atomic E-state index is 13.6. The molecule has 0 N–H and O–H groups in total. The molecule has 3 rings (SSSR count). The molecule has 0 saturated carbocycles. The second kappa shape index (κ2) is 6.53. The van der Waals surface area contributed by atoms with E-state index >= 15 is 0 Å². The van der Waals surface area contributed by atoms with Crippen molar-refractivity contribution in [2.75, 3.05) is 0 Å². The van der Waals surface area contributed by atoms with Crippen LogP contribution in [0.1, 0.15) is 21.6 Å². The highest BCUT2D eigenvalue weighted by Gasteiger charge is 2.16. The average Bonchev–Trinajstić information content (AvgIpc) is 2.56. The fourth-order valence-corrected chi connectivity index (χ4v) is 2.58. The fraction of sp³-hybridized carbons (Fsp3) is 0.111. The lowest BCUT2D eigenvalue weighted by Crippen LogP contribution is -2.09. The van der Waals surface area contributed by atoms with E-state index in [4.69, 9.17) is 16.3 Å². The van der Waals surface area contributed by atoms with Gasteiger partial charge in [-0.25, -0.2) is 18.6 Å². The molecule has 24 heavy (non-hydrogen) atoms. The first-order valence-corrected chi connectivity index (χ1v) is 7.51. The molecule has 1 aromatic heterocycles. The number of para-hydroxylation sites is 1. The molecule has 3 aromatic rings. The number of benzene rings is 2. The summed E-state index contributed by atoms with van der Waals surface area (Å²) in [5.74, 6) is -2.65. The second-order valence-corrected chi connectivity index (χ2v) is 5.59. The molecule has 1 heterocycles. The van der Waals surface area contributed by atoms with Gasteiger partial charge >= 0.3 is 5.97 Å². The summed E-state index contributed by atoms with van der Waals surface area (Å²) in [6.45, 7) is 1.64. The minimum atomic E-state index is -0.978. The van der Waals surface area contributed by atoms with E-state index in [1.165, 1.54) is 0 Å². The number of esters is 1.